The third-order valence-electron chi connectivity index (χ3n) is 5.29. The van der Waals surface area contributed by atoms with Crippen LogP contribution in [0.3, 0.4) is 0 Å². The highest BCUT2D eigenvalue weighted by molar-refractivity contribution is 9.10. The SMILES string of the molecule is COc1cc(/C=N\NC(=O)Cc2csc(Nc3cccc(C(F)(F)F)c3)n2)c(Br)cc1OCc1cccc(F)c1. The van der Waals surface area contributed by atoms with Crippen molar-refractivity contribution in [2.75, 3.05) is 12.4 Å². The molecule has 0 aliphatic rings. The van der Waals surface area contributed by atoms with Gasteiger partial charge in [-0.25, -0.2) is 14.8 Å². The largest absolute Gasteiger partial charge is 0.493 e. The number of nitrogens with zero attached hydrogens (tertiary/aromatic N) is 2. The third kappa shape index (κ3) is 8.02. The number of aromatic nitrogens is 1. The predicted octanol–water partition coefficient (Wildman–Crippen LogP) is 7.09. The zero-order valence-corrected chi connectivity index (χ0v) is 23.2. The molecule has 0 aliphatic heterocycles. The number of amides is 1. The van der Waals surface area contributed by atoms with E-state index in [9.17, 15) is 22.4 Å². The van der Waals surface area contributed by atoms with Crippen molar-refractivity contribution >= 4 is 50.2 Å². The van der Waals surface area contributed by atoms with Crippen molar-refractivity contribution < 1.29 is 31.8 Å². The van der Waals surface area contributed by atoms with Crippen molar-refractivity contribution in [3.8, 4) is 11.5 Å². The van der Waals surface area contributed by atoms with E-state index in [1.54, 1.807) is 29.6 Å². The summed E-state index contributed by atoms with van der Waals surface area (Å²) in [6.45, 7) is 0.137. The molecular formula is C27H21BrF4N4O3S. The van der Waals surface area contributed by atoms with Crippen LogP contribution in [0.2, 0.25) is 0 Å². The van der Waals surface area contributed by atoms with Crippen LogP contribution >= 0.6 is 27.3 Å². The summed E-state index contributed by atoms with van der Waals surface area (Å²) in [5.41, 5.74) is 3.55. The maximum absolute atomic E-state index is 13.4. The first kappa shape index (κ1) is 29.0. The molecule has 0 saturated heterocycles. The highest BCUT2D eigenvalue weighted by Crippen LogP contribution is 2.34. The molecule has 0 atom stereocenters. The number of methoxy groups -OCH3 is 1. The van der Waals surface area contributed by atoms with Crippen LogP contribution in [0.4, 0.5) is 28.4 Å². The van der Waals surface area contributed by atoms with E-state index in [2.05, 4.69) is 36.8 Å². The second kappa shape index (κ2) is 12.9. The fourth-order valence-corrected chi connectivity index (χ4v) is 4.59. The van der Waals surface area contributed by atoms with Gasteiger partial charge in [0.15, 0.2) is 16.6 Å². The lowest BCUT2D eigenvalue weighted by Gasteiger charge is -2.13. The lowest BCUT2D eigenvalue weighted by atomic mass is 10.2. The molecule has 1 aromatic heterocycles. The first-order valence-corrected chi connectivity index (χ1v) is 13.2. The van der Waals surface area contributed by atoms with Gasteiger partial charge in [-0.3, -0.25) is 4.79 Å². The molecule has 0 fully saturated rings. The minimum atomic E-state index is -4.45. The normalized spacial score (nSPS) is 11.4. The van der Waals surface area contributed by atoms with Crippen molar-refractivity contribution in [2.24, 2.45) is 5.10 Å². The summed E-state index contributed by atoms with van der Waals surface area (Å²) in [5, 5.41) is 8.77. The van der Waals surface area contributed by atoms with Crippen LogP contribution in [0, 0.1) is 5.82 Å². The molecular weight excluding hydrogens is 616 g/mol. The summed E-state index contributed by atoms with van der Waals surface area (Å²) < 4.78 is 64.0. The molecule has 0 aliphatic carbocycles. The van der Waals surface area contributed by atoms with Gasteiger partial charge in [0.1, 0.15) is 12.4 Å². The Morgan fingerprint density at radius 3 is 2.67 bits per heavy atom. The number of hydrazone groups is 1. The Hall–Kier alpha value is -3.97. The van der Waals surface area contributed by atoms with Crippen LogP contribution in [0.15, 0.2) is 75.6 Å². The standard InChI is InChI=1S/C27H21BrF4N4O3S/c1-38-23-9-17(22(28)12-24(23)39-14-16-4-2-6-19(29)8-16)13-33-36-25(37)11-21-15-40-26(35-21)34-20-7-3-5-18(10-20)27(30,31)32/h2-10,12-13,15H,11,14H2,1H3,(H,34,35)(H,36,37)/b33-13-. The van der Waals surface area contributed by atoms with E-state index in [0.29, 0.717) is 37.9 Å². The number of ether oxygens (including phenoxy) is 2. The number of anilines is 2. The Labute approximate surface area is 239 Å². The molecule has 0 saturated carbocycles. The summed E-state index contributed by atoms with van der Waals surface area (Å²) in [4.78, 5) is 16.6. The van der Waals surface area contributed by atoms with Crippen molar-refractivity contribution in [1.82, 2.24) is 10.4 Å². The molecule has 0 unspecified atom stereocenters. The molecule has 40 heavy (non-hydrogen) atoms. The van der Waals surface area contributed by atoms with Gasteiger partial charge in [0.05, 0.1) is 31.0 Å². The maximum atomic E-state index is 13.4. The van der Waals surface area contributed by atoms with Gasteiger partial charge in [0.25, 0.3) is 0 Å². The molecule has 0 spiro atoms. The summed E-state index contributed by atoms with van der Waals surface area (Å²) in [7, 11) is 1.48. The fraction of sp³-hybridized carbons (Fsp3) is 0.148. The zero-order chi connectivity index (χ0) is 28.7. The highest BCUT2D eigenvalue weighted by Gasteiger charge is 2.30. The van der Waals surface area contributed by atoms with Gasteiger partial charge in [-0.05, 0) is 64.0 Å². The number of carbonyl (C=O) groups is 1. The number of carbonyl (C=O) groups excluding carboxylic acids is 1. The van der Waals surface area contributed by atoms with Crippen molar-refractivity contribution in [3.05, 3.63) is 98.7 Å². The molecule has 13 heteroatoms. The molecule has 3 aromatic carbocycles. The Kier molecular flexibility index (Phi) is 9.38. The van der Waals surface area contributed by atoms with Crippen LogP contribution in [0.5, 0.6) is 11.5 Å². The number of rotatable bonds is 10. The monoisotopic (exact) mass is 636 g/mol. The average Bonchev–Trinajstić information content (AvgIpc) is 3.34. The van der Waals surface area contributed by atoms with E-state index in [-0.39, 0.29) is 24.5 Å². The zero-order valence-electron chi connectivity index (χ0n) is 20.8. The van der Waals surface area contributed by atoms with Crippen LogP contribution in [0.25, 0.3) is 0 Å². The Morgan fingerprint density at radius 2 is 1.93 bits per heavy atom. The van der Waals surface area contributed by atoms with Gasteiger partial charge >= 0.3 is 6.18 Å². The number of benzene rings is 3. The predicted molar refractivity (Wildman–Crippen MR) is 148 cm³/mol. The number of alkyl halides is 3. The van der Waals surface area contributed by atoms with E-state index < -0.39 is 17.6 Å². The minimum Gasteiger partial charge on any atom is -0.493 e. The number of halogens is 5. The van der Waals surface area contributed by atoms with E-state index in [1.165, 1.54) is 37.6 Å². The average molecular weight is 637 g/mol. The van der Waals surface area contributed by atoms with E-state index in [4.69, 9.17) is 9.47 Å². The molecule has 1 heterocycles. The van der Waals surface area contributed by atoms with E-state index >= 15 is 0 Å². The van der Waals surface area contributed by atoms with Crippen LogP contribution in [0.1, 0.15) is 22.4 Å². The van der Waals surface area contributed by atoms with Gasteiger partial charge in [0.2, 0.25) is 5.91 Å². The Bertz CT molecular complexity index is 1530. The molecule has 4 aromatic rings. The van der Waals surface area contributed by atoms with Gasteiger partial charge in [0, 0.05) is 21.1 Å². The van der Waals surface area contributed by atoms with Gasteiger partial charge in [-0.2, -0.15) is 18.3 Å². The fourth-order valence-electron chi connectivity index (χ4n) is 3.43. The Balaban J connectivity index is 1.32. The van der Waals surface area contributed by atoms with Crippen LogP contribution in [-0.4, -0.2) is 24.2 Å². The molecule has 0 radical (unpaired) electrons. The van der Waals surface area contributed by atoms with Crippen molar-refractivity contribution in [2.45, 2.75) is 19.2 Å². The van der Waals surface area contributed by atoms with E-state index in [1.807, 2.05) is 0 Å². The van der Waals surface area contributed by atoms with Crippen molar-refractivity contribution in [1.29, 1.82) is 0 Å². The smallest absolute Gasteiger partial charge is 0.416 e. The number of thiazole rings is 1. The molecule has 2 N–H and O–H groups in total. The Morgan fingerprint density at radius 1 is 1.12 bits per heavy atom. The molecule has 4 rings (SSSR count). The molecule has 1 amide bonds. The highest BCUT2D eigenvalue weighted by atomic mass is 79.9. The molecule has 0 bridgehead atoms. The summed E-state index contributed by atoms with van der Waals surface area (Å²) in [6.07, 6.45) is -3.12. The number of nitrogens with one attached hydrogen (secondary N) is 2. The first-order chi connectivity index (χ1) is 19.1. The first-order valence-electron chi connectivity index (χ1n) is 11.6. The van der Waals surface area contributed by atoms with Crippen LogP contribution < -0.4 is 20.2 Å². The van der Waals surface area contributed by atoms with E-state index in [0.717, 1.165) is 23.5 Å². The maximum Gasteiger partial charge on any atom is 0.416 e. The molecule has 7 nitrogen and oxygen atoms in total. The number of hydrogen-bond acceptors (Lipinski definition) is 7. The summed E-state index contributed by atoms with van der Waals surface area (Å²) in [5.74, 6) is 0.0451. The quantitative estimate of drug-likeness (QED) is 0.110. The minimum absolute atomic E-state index is 0.0878. The second-order valence-electron chi connectivity index (χ2n) is 8.26. The third-order valence-corrected chi connectivity index (χ3v) is 6.79. The summed E-state index contributed by atoms with van der Waals surface area (Å²) >= 11 is 4.60. The number of hydrogen-bond donors (Lipinski definition) is 2. The lowest BCUT2D eigenvalue weighted by Crippen LogP contribution is -2.20. The van der Waals surface area contributed by atoms with Crippen LogP contribution in [-0.2, 0) is 24.0 Å². The van der Waals surface area contributed by atoms with Gasteiger partial charge in [-0.15, -0.1) is 11.3 Å². The van der Waals surface area contributed by atoms with Gasteiger partial charge < -0.3 is 14.8 Å². The molecule has 208 valence electrons. The summed E-state index contributed by atoms with van der Waals surface area (Å²) in [6, 6.07) is 14.2. The van der Waals surface area contributed by atoms with Gasteiger partial charge in [-0.1, -0.05) is 18.2 Å². The lowest BCUT2D eigenvalue weighted by molar-refractivity contribution is -0.137. The second-order valence-corrected chi connectivity index (χ2v) is 9.97. The topological polar surface area (TPSA) is 84.8 Å². The van der Waals surface area contributed by atoms with Crippen molar-refractivity contribution in [3.63, 3.8) is 0 Å².